The quantitative estimate of drug-likeness (QED) is 0.909. The van der Waals surface area contributed by atoms with Gasteiger partial charge >= 0.3 is 0 Å². The lowest BCUT2D eigenvalue weighted by Crippen LogP contribution is -2.49. The molecule has 1 aliphatic carbocycles. The second-order valence-electron chi connectivity index (χ2n) is 7.37. The Hall–Kier alpha value is -1.62. The molecule has 1 aromatic carbocycles. The highest BCUT2D eigenvalue weighted by atomic mass is 19.1. The molecule has 1 N–H and O–H groups in total. The summed E-state index contributed by atoms with van der Waals surface area (Å²) in [5.74, 6) is -0.0321. The summed E-state index contributed by atoms with van der Waals surface area (Å²) in [7, 11) is 0. The monoisotopic (exact) mass is 347 g/mol. The van der Waals surface area contributed by atoms with Crippen LogP contribution in [0, 0.1) is 5.82 Å². The molecule has 1 aliphatic heterocycles. The van der Waals surface area contributed by atoms with Crippen molar-refractivity contribution < 1.29 is 9.18 Å². The van der Waals surface area contributed by atoms with Crippen molar-refractivity contribution in [2.24, 2.45) is 0 Å². The lowest BCUT2D eigenvalue weighted by molar-refractivity contribution is -0.126. The minimum absolute atomic E-state index is 0.0879. The molecule has 0 aromatic heterocycles. The predicted octanol–water partition coefficient (Wildman–Crippen LogP) is 3.18. The van der Waals surface area contributed by atoms with Gasteiger partial charge in [0.1, 0.15) is 5.82 Å². The molecule has 0 spiro atoms. The molecule has 1 unspecified atom stereocenters. The molecule has 1 saturated carbocycles. The molecule has 1 amide bonds. The van der Waals surface area contributed by atoms with E-state index < -0.39 is 0 Å². The molecule has 0 bridgehead atoms. The van der Waals surface area contributed by atoms with Crippen LogP contribution in [0.2, 0.25) is 0 Å². The van der Waals surface area contributed by atoms with Gasteiger partial charge in [0.15, 0.2) is 0 Å². The van der Waals surface area contributed by atoms with E-state index in [4.69, 9.17) is 0 Å². The van der Waals surface area contributed by atoms with Crippen LogP contribution in [-0.4, -0.2) is 49.1 Å². The predicted molar refractivity (Wildman–Crippen MR) is 99.3 cm³/mol. The van der Waals surface area contributed by atoms with E-state index >= 15 is 0 Å². The summed E-state index contributed by atoms with van der Waals surface area (Å²) >= 11 is 0. The zero-order chi connectivity index (χ0) is 17.6. The molecule has 2 fully saturated rings. The number of hydrogen-bond donors (Lipinski definition) is 1. The summed E-state index contributed by atoms with van der Waals surface area (Å²) in [4.78, 5) is 17.2. The van der Waals surface area contributed by atoms with Crippen LogP contribution < -0.4 is 10.2 Å². The average Bonchev–Trinajstić information content (AvgIpc) is 2.89. The Labute approximate surface area is 150 Å². The first-order valence-corrected chi connectivity index (χ1v) is 9.68. The van der Waals surface area contributed by atoms with Crippen LogP contribution in [0.4, 0.5) is 10.1 Å². The largest absolute Gasteiger partial charge is 0.370 e. The second-order valence-corrected chi connectivity index (χ2v) is 7.37. The smallest absolute Gasteiger partial charge is 0.237 e. The van der Waals surface area contributed by atoms with E-state index in [-0.39, 0.29) is 17.8 Å². The van der Waals surface area contributed by atoms with Gasteiger partial charge in [-0.1, -0.05) is 19.3 Å². The molecule has 1 saturated heterocycles. The van der Waals surface area contributed by atoms with Gasteiger partial charge in [-0.05, 0) is 50.5 Å². The maximum absolute atomic E-state index is 13.1. The average molecular weight is 347 g/mol. The zero-order valence-corrected chi connectivity index (χ0v) is 15.2. The molecule has 5 heteroatoms. The number of halogens is 1. The summed E-state index contributed by atoms with van der Waals surface area (Å²) in [6, 6.07) is 6.98. The maximum Gasteiger partial charge on any atom is 0.237 e. The van der Waals surface area contributed by atoms with Gasteiger partial charge in [-0.25, -0.2) is 4.39 Å². The highest BCUT2D eigenvalue weighted by Crippen LogP contribution is 2.19. The van der Waals surface area contributed by atoms with E-state index in [9.17, 15) is 9.18 Å². The molecular formula is C20H30FN3O. The summed E-state index contributed by atoms with van der Waals surface area (Å²) in [5.41, 5.74) is 1.06. The summed E-state index contributed by atoms with van der Waals surface area (Å²) < 4.78 is 13.1. The summed E-state index contributed by atoms with van der Waals surface area (Å²) in [5, 5.41) is 3.25. The molecule has 0 radical (unpaired) electrons. The minimum atomic E-state index is -0.201. The summed E-state index contributed by atoms with van der Waals surface area (Å²) in [6.07, 6.45) is 7.02. The fraction of sp³-hybridized carbons (Fsp3) is 0.650. The fourth-order valence-electron chi connectivity index (χ4n) is 3.97. The zero-order valence-electron chi connectivity index (χ0n) is 15.2. The molecule has 1 aromatic rings. The number of nitrogens with one attached hydrogen (secondary N) is 1. The van der Waals surface area contributed by atoms with Crippen molar-refractivity contribution in [2.75, 3.05) is 31.1 Å². The van der Waals surface area contributed by atoms with E-state index in [2.05, 4.69) is 15.1 Å². The number of benzene rings is 1. The van der Waals surface area contributed by atoms with Gasteiger partial charge < -0.3 is 10.2 Å². The Kier molecular flexibility index (Phi) is 6.29. The van der Waals surface area contributed by atoms with Crippen molar-refractivity contribution >= 4 is 11.6 Å². The van der Waals surface area contributed by atoms with Crippen LogP contribution in [0.5, 0.6) is 0 Å². The van der Waals surface area contributed by atoms with E-state index in [1.54, 1.807) is 0 Å². The van der Waals surface area contributed by atoms with Gasteiger partial charge in [0.05, 0.1) is 6.04 Å². The van der Waals surface area contributed by atoms with Gasteiger partial charge in [-0.2, -0.15) is 0 Å². The number of carbonyl (C=O) groups is 1. The minimum Gasteiger partial charge on any atom is -0.370 e. The molecule has 4 nitrogen and oxygen atoms in total. The molecule has 25 heavy (non-hydrogen) atoms. The Balaban J connectivity index is 1.52. The van der Waals surface area contributed by atoms with Crippen molar-refractivity contribution in [3.63, 3.8) is 0 Å². The van der Waals surface area contributed by atoms with Crippen LogP contribution in [0.1, 0.15) is 45.4 Å². The van der Waals surface area contributed by atoms with Crippen LogP contribution in [0.25, 0.3) is 0 Å². The van der Waals surface area contributed by atoms with E-state index in [1.165, 1.54) is 31.4 Å². The van der Waals surface area contributed by atoms with Crippen molar-refractivity contribution in [2.45, 2.75) is 57.5 Å². The molecule has 1 atom stereocenters. The third-order valence-corrected chi connectivity index (χ3v) is 5.60. The first-order chi connectivity index (χ1) is 12.1. The summed E-state index contributed by atoms with van der Waals surface area (Å²) in [6.45, 7) is 5.62. The number of rotatable bonds is 4. The van der Waals surface area contributed by atoms with E-state index in [0.717, 1.165) is 51.1 Å². The van der Waals surface area contributed by atoms with E-state index in [0.29, 0.717) is 6.04 Å². The molecular weight excluding hydrogens is 317 g/mol. The lowest BCUT2D eigenvalue weighted by atomic mass is 9.95. The fourth-order valence-corrected chi connectivity index (χ4v) is 3.97. The molecule has 138 valence electrons. The normalized spacial score (nSPS) is 21.6. The Morgan fingerprint density at radius 2 is 1.76 bits per heavy atom. The Bertz CT molecular complexity index is 557. The van der Waals surface area contributed by atoms with Gasteiger partial charge in [-0.3, -0.25) is 9.69 Å². The molecule has 3 rings (SSSR count). The van der Waals surface area contributed by atoms with Gasteiger partial charge in [0.2, 0.25) is 5.91 Å². The SMILES string of the molecule is CC(C(=O)NC1CCCCC1)N1CCCN(c2ccc(F)cc2)CC1. The highest BCUT2D eigenvalue weighted by molar-refractivity contribution is 5.81. The van der Waals surface area contributed by atoms with Crippen molar-refractivity contribution in [3.8, 4) is 0 Å². The Morgan fingerprint density at radius 3 is 2.48 bits per heavy atom. The number of nitrogens with zero attached hydrogens (tertiary/aromatic N) is 2. The third kappa shape index (κ3) is 4.94. The number of hydrogen-bond acceptors (Lipinski definition) is 3. The van der Waals surface area contributed by atoms with Crippen LogP contribution in [0.15, 0.2) is 24.3 Å². The molecule has 1 heterocycles. The van der Waals surface area contributed by atoms with Crippen molar-refractivity contribution in [1.29, 1.82) is 0 Å². The van der Waals surface area contributed by atoms with Crippen LogP contribution in [-0.2, 0) is 4.79 Å². The first-order valence-electron chi connectivity index (χ1n) is 9.68. The maximum atomic E-state index is 13.1. The lowest BCUT2D eigenvalue weighted by Gasteiger charge is -2.30. The third-order valence-electron chi connectivity index (χ3n) is 5.60. The topological polar surface area (TPSA) is 35.6 Å². The van der Waals surface area contributed by atoms with Crippen molar-refractivity contribution in [3.05, 3.63) is 30.1 Å². The standard InChI is InChI=1S/C20H30FN3O/c1-16(20(25)22-18-6-3-2-4-7-18)23-12-5-13-24(15-14-23)19-10-8-17(21)9-11-19/h8-11,16,18H,2-7,12-15H2,1H3,(H,22,25). The van der Waals surface area contributed by atoms with Crippen molar-refractivity contribution in [1.82, 2.24) is 10.2 Å². The Morgan fingerprint density at radius 1 is 1.04 bits per heavy atom. The first kappa shape index (κ1) is 18.2. The van der Waals surface area contributed by atoms with Gasteiger partial charge in [0, 0.05) is 37.9 Å². The number of anilines is 1. The second kappa shape index (κ2) is 8.65. The van der Waals surface area contributed by atoms with Crippen LogP contribution >= 0.6 is 0 Å². The number of carbonyl (C=O) groups excluding carboxylic acids is 1. The highest BCUT2D eigenvalue weighted by Gasteiger charge is 2.26. The number of amides is 1. The molecule has 2 aliphatic rings. The van der Waals surface area contributed by atoms with Gasteiger partial charge in [-0.15, -0.1) is 0 Å². The van der Waals surface area contributed by atoms with Crippen LogP contribution in [0.3, 0.4) is 0 Å². The van der Waals surface area contributed by atoms with Gasteiger partial charge in [0.25, 0.3) is 0 Å². The van der Waals surface area contributed by atoms with E-state index in [1.807, 2.05) is 19.1 Å².